The second kappa shape index (κ2) is 2.49. The molecular weight excluding hydrogens is 124 g/mol. The first kappa shape index (κ1) is 7.95. The third-order valence-corrected chi connectivity index (χ3v) is 2.83. The second-order valence-corrected chi connectivity index (χ2v) is 4.39. The van der Waals surface area contributed by atoms with Crippen LogP contribution in [-0.2, 0) is 9.84 Å². The molecule has 2 nitrogen and oxygen atoms in total. The summed E-state index contributed by atoms with van der Waals surface area (Å²) in [5.74, 6) is 0. The van der Waals surface area contributed by atoms with E-state index in [-0.39, 0.29) is 5.25 Å². The van der Waals surface area contributed by atoms with Crippen LogP contribution in [0.15, 0.2) is 0 Å². The molecule has 0 amide bonds. The van der Waals surface area contributed by atoms with Crippen LogP contribution in [0.3, 0.4) is 0 Å². The zero-order valence-corrected chi connectivity index (χ0v) is 6.03. The SMILES string of the molecule is [CH2]CC(C)S(C)(=O)=O. The quantitative estimate of drug-likeness (QED) is 0.557. The predicted octanol–water partition coefficient (Wildman–Crippen LogP) is 0.644. The first-order valence-electron chi connectivity index (χ1n) is 2.46. The van der Waals surface area contributed by atoms with Gasteiger partial charge in [-0.1, -0.05) is 6.92 Å². The molecule has 49 valence electrons. The topological polar surface area (TPSA) is 34.1 Å². The fourth-order valence-corrected chi connectivity index (χ4v) is 0.642. The van der Waals surface area contributed by atoms with Gasteiger partial charge in [-0.2, -0.15) is 0 Å². The highest BCUT2D eigenvalue weighted by molar-refractivity contribution is 7.91. The first-order chi connectivity index (χ1) is 3.48. The maximum Gasteiger partial charge on any atom is 0.150 e. The van der Waals surface area contributed by atoms with Crippen molar-refractivity contribution >= 4 is 9.84 Å². The number of rotatable bonds is 2. The molecule has 0 N–H and O–H groups in total. The van der Waals surface area contributed by atoms with Gasteiger partial charge in [-0.25, -0.2) is 8.42 Å². The Labute approximate surface area is 50.8 Å². The molecule has 1 unspecified atom stereocenters. The summed E-state index contributed by atoms with van der Waals surface area (Å²) in [5.41, 5.74) is 0. The third kappa shape index (κ3) is 2.31. The van der Waals surface area contributed by atoms with Crippen molar-refractivity contribution in [2.24, 2.45) is 0 Å². The predicted molar refractivity (Wildman–Crippen MR) is 34.3 cm³/mol. The van der Waals surface area contributed by atoms with Crippen molar-refractivity contribution in [1.29, 1.82) is 0 Å². The van der Waals surface area contributed by atoms with E-state index in [4.69, 9.17) is 0 Å². The van der Waals surface area contributed by atoms with E-state index in [1.807, 2.05) is 0 Å². The Balaban J connectivity index is 4.04. The molecule has 0 aromatic heterocycles. The van der Waals surface area contributed by atoms with Crippen molar-refractivity contribution in [1.82, 2.24) is 0 Å². The molecule has 0 spiro atoms. The van der Waals surface area contributed by atoms with Crippen LogP contribution in [0.2, 0.25) is 0 Å². The van der Waals surface area contributed by atoms with E-state index in [9.17, 15) is 8.42 Å². The molecule has 0 fully saturated rings. The van der Waals surface area contributed by atoms with Crippen molar-refractivity contribution in [2.75, 3.05) is 6.26 Å². The maximum atomic E-state index is 10.5. The Morgan fingerprint density at radius 1 is 1.62 bits per heavy atom. The lowest BCUT2D eigenvalue weighted by Gasteiger charge is -2.02. The van der Waals surface area contributed by atoms with E-state index in [2.05, 4.69) is 6.92 Å². The summed E-state index contributed by atoms with van der Waals surface area (Å²) in [6, 6.07) is 0. The van der Waals surface area contributed by atoms with E-state index in [0.29, 0.717) is 6.42 Å². The Morgan fingerprint density at radius 2 is 2.00 bits per heavy atom. The largest absolute Gasteiger partial charge is 0.229 e. The van der Waals surface area contributed by atoms with Gasteiger partial charge in [0, 0.05) is 6.26 Å². The monoisotopic (exact) mass is 135 g/mol. The van der Waals surface area contributed by atoms with Gasteiger partial charge in [0.25, 0.3) is 0 Å². The van der Waals surface area contributed by atoms with Crippen molar-refractivity contribution in [3.63, 3.8) is 0 Å². The van der Waals surface area contributed by atoms with E-state index in [1.165, 1.54) is 6.26 Å². The molecule has 1 atom stereocenters. The van der Waals surface area contributed by atoms with Crippen LogP contribution in [0, 0.1) is 6.92 Å². The van der Waals surface area contributed by atoms with Gasteiger partial charge in [-0.05, 0) is 13.3 Å². The summed E-state index contributed by atoms with van der Waals surface area (Å²) >= 11 is 0. The number of sulfone groups is 1. The summed E-state index contributed by atoms with van der Waals surface area (Å²) in [6.07, 6.45) is 1.68. The van der Waals surface area contributed by atoms with E-state index >= 15 is 0 Å². The molecule has 3 heteroatoms. The molecule has 0 aromatic rings. The molecule has 0 saturated carbocycles. The third-order valence-electron chi connectivity index (χ3n) is 1.14. The van der Waals surface area contributed by atoms with Gasteiger partial charge in [0.05, 0.1) is 5.25 Å². The Morgan fingerprint density at radius 3 is 2.00 bits per heavy atom. The fourth-order valence-electron chi connectivity index (χ4n) is 0.214. The summed E-state index contributed by atoms with van der Waals surface area (Å²) in [4.78, 5) is 0. The van der Waals surface area contributed by atoms with Crippen LogP contribution < -0.4 is 0 Å². The molecule has 8 heavy (non-hydrogen) atoms. The van der Waals surface area contributed by atoms with Gasteiger partial charge in [0.15, 0.2) is 0 Å². The summed E-state index contributed by atoms with van der Waals surface area (Å²) < 4.78 is 21.0. The lowest BCUT2D eigenvalue weighted by Crippen LogP contribution is -2.13. The smallest absolute Gasteiger partial charge is 0.150 e. The van der Waals surface area contributed by atoms with Crippen molar-refractivity contribution in [3.8, 4) is 0 Å². The molecule has 0 rings (SSSR count). The molecular formula is C5H11O2S. The number of hydrogen-bond donors (Lipinski definition) is 0. The minimum absolute atomic E-state index is 0.289. The van der Waals surface area contributed by atoms with Gasteiger partial charge in [-0.3, -0.25) is 0 Å². The van der Waals surface area contributed by atoms with Gasteiger partial charge in [0.1, 0.15) is 9.84 Å². The van der Waals surface area contributed by atoms with Gasteiger partial charge < -0.3 is 0 Å². The highest BCUT2D eigenvalue weighted by Crippen LogP contribution is 2.00. The molecule has 0 saturated heterocycles. The molecule has 0 aliphatic carbocycles. The molecule has 0 heterocycles. The van der Waals surface area contributed by atoms with Crippen molar-refractivity contribution < 1.29 is 8.42 Å². The van der Waals surface area contributed by atoms with Crippen LogP contribution >= 0.6 is 0 Å². The van der Waals surface area contributed by atoms with Crippen LogP contribution in [0.5, 0.6) is 0 Å². The zero-order chi connectivity index (χ0) is 6.78. The standard InChI is InChI=1S/C5H11O2S/c1-4-5(2)8(3,6)7/h5H,1,4H2,2-3H3. The maximum absolute atomic E-state index is 10.5. The molecule has 0 aliphatic heterocycles. The average Bonchev–Trinajstić information content (AvgIpc) is 1.62. The van der Waals surface area contributed by atoms with Crippen LogP contribution in [0.25, 0.3) is 0 Å². The first-order valence-corrected chi connectivity index (χ1v) is 4.42. The minimum Gasteiger partial charge on any atom is -0.229 e. The Bertz CT molecular complexity index is 146. The van der Waals surface area contributed by atoms with Crippen LogP contribution in [-0.4, -0.2) is 19.9 Å². The number of hydrogen-bond acceptors (Lipinski definition) is 2. The lowest BCUT2D eigenvalue weighted by atomic mass is 10.4. The summed E-state index contributed by atoms with van der Waals surface area (Å²) in [5, 5.41) is -0.289. The molecule has 0 aliphatic rings. The summed E-state index contributed by atoms with van der Waals surface area (Å²) in [6.45, 7) is 5.13. The molecule has 0 aromatic carbocycles. The van der Waals surface area contributed by atoms with E-state index in [0.717, 1.165) is 0 Å². The van der Waals surface area contributed by atoms with Crippen LogP contribution in [0.1, 0.15) is 13.3 Å². The lowest BCUT2D eigenvalue weighted by molar-refractivity contribution is 0.589. The minimum atomic E-state index is -2.82. The van der Waals surface area contributed by atoms with E-state index in [1.54, 1.807) is 6.92 Å². The Hall–Kier alpha value is -0.0500. The summed E-state index contributed by atoms with van der Waals surface area (Å²) in [7, 11) is -2.82. The van der Waals surface area contributed by atoms with Gasteiger partial charge in [0.2, 0.25) is 0 Å². The zero-order valence-electron chi connectivity index (χ0n) is 5.22. The van der Waals surface area contributed by atoms with Crippen molar-refractivity contribution in [2.45, 2.75) is 18.6 Å². The van der Waals surface area contributed by atoms with Crippen LogP contribution in [0.4, 0.5) is 0 Å². The second-order valence-electron chi connectivity index (χ2n) is 1.93. The normalized spacial score (nSPS) is 15.9. The van der Waals surface area contributed by atoms with E-state index < -0.39 is 9.84 Å². The molecule has 1 radical (unpaired) electrons. The highest BCUT2D eigenvalue weighted by Gasteiger charge is 2.10. The van der Waals surface area contributed by atoms with Gasteiger partial charge in [-0.15, -0.1) is 0 Å². The average molecular weight is 135 g/mol. The van der Waals surface area contributed by atoms with Gasteiger partial charge >= 0.3 is 0 Å². The molecule has 0 bridgehead atoms. The highest BCUT2D eigenvalue weighted by atomic mass is 32.2. The van der Waals surface area contributed by atoms with Crippen molar-refractivity contribution in [3.05, 3.63) is 6.92 Å². The Kier molecular flexibility index (Phi) is 2.47. The fraction of sp³-hybridized carbons (Fsp3) is 0.800.